The Kier molecular flexibility index (Phi) is 12.8. The second kappa shape index (κ2) is 10.8. The molecular weight excluding hydrogens is 205 g/mol. The van der Waals surface area contributed by atoms with Crippen molar-refractivity contribution in [2.75, 3.05) is 6.61 Å². The van der Waals surface area contributed by atoms with Crippen molar-refractivity contribution in [1.29, 1.82) is 0 Å². The summed E-state index contributed by atoms with van der Waals surface area (Å²) in [5.74, 6) is 0. The molecule has 0 bridgehead atoms. The number of aliphatic hydroxyl groups excluding tert-OH is 2. The van der Waals surface area contributed by atoms with Gasteiger partial charge in [0.05, 0.1) is 6.61 Å². The number of benzene rings is 1. The van der Waals surface area contributed by atoms with Crippen LogP contribution in [-0.2, 0) is 26.1 Å². The summed E-state index contributed by atoms with van der Waals surface area (Å²) in [6.07, 6.45) is 0. The third-order valence-electron chi connectivity index (χ3n) is 1.03. The van der Waals surface area contributed by atoms with Crippen LogP contribution in [0.25, 0.3) is 0 Å². The Labute approximate surface area is 86.0 Å². The van der Waals surface area contributed by atoms with Crippen LogP contribution in [0.2, 0.25) is 0 Å². The Balaban J connectivity index is 0. The third kappa shape index (κ3) is 7.87. The summed E-state index contributed by atoms with van der Waals surface area (Å²) in [6.45, 7) is 2.07. The van der Waals surface area contributed by atoms with Gasteiger partial charge in [0.1, 0.15) is 0 Å². The molecule has 64 valence electrons. The molecule has 0 fully saturated rings. The summed E-state index contributed by atoms with van der Waals surface area (Å²) in [4.78, 5) is 0. The first-order valence-electron chi connectivity index (χ1n) is 3.60. The Morgan fingerprint density at radius 2 is 1.50 bits per heavy atom. The number of hydrogen-bond donors (Lipinski definition) is 2. The first kappa shape index (κ1) is 14.3. The second-order valence-electron chi connectivity index (χ2n) is 1.96. The first-order chi connectivity index (χ1) is 5.35. The summed E-state index contributed by atoms with van der Waals surface area (Å²) in [5, 5.41) is 16.1. The fourth-order valence-electron chi connectivity index (χ4n) is 0.583. The van der Waals surface area contributed by atoms with E-state index in [0.29, 0.717) is 0 Å². The smallest absolute Gasteiger partial charge is 0.0681 e. The van der Waals surface area contributed by atoms with Gasteiger partial charge in [0.15, 0.2) is 0 Å². The standard InChI is InChI=1S/C7H8O.C2H6O.Zn/c8-6-7-4-2-1-3-5-7;1-2-3;/h1-5,8H,6H2;3H,2H2,1H3;. The van der Waals surface area contributed by atoms with Gasteiger partial charge in [0.25, 0.3) is 0 Å². The molecule has 1 aromatic carbocycles. The van der Waals surface area contributed by atoms with Gasteiger partial charge in [-0.15, -0.1) is 0 Å². The van der Waals surface area contributed by atoms with E-state index in [4.69, 9.17) is 10.2 Å². The van der Waals surface area contributed by atoms with Crippen molar-refractivity contribution in [2.45, 2.75) is 13.5 Å². The van der Waals surface area contributed by atoms with Crippen molar-refractivity contribution < 1.29 is 29.7 Å². The molecule has 0 spiro atoms. The molecule has 1 aromatic rings. The zero-order valence-electron chi connectivity index (χ0n) is 7.40. The van der Waals surface area contributed by atoms with Gasteiger partial charge in [0.2, 0.25) is 0 Å². The molecule has 2 N–H and O–H groups in total. The van der Waals surface area contributed by atoms with Gasteiger partial charge in [-0.25, -0.2) is 0 Å². The van der Waals surface area contributed by atoms with Crippen LogP contribution in [0.5, 0.6) is 0 Å². The second-order valence-corrected chi connectivity index (χ2v) is 1.96. The van der Waals surface area contributed by atoms with Crippen molar-refractivity contribution in [1.82, 2.24) is 0 Å². The van der Waals surface area contributed by atoms with E-state index in [9.17, 15) is 0 Å². The number of hydrogen-bond acceptors (Lipinski definition) is 2. The summed E-state index contributed by atoms with van der Waals surface area (Å²) in [5.41, 5.74) is 0.965. The molecule has 0 unspecified atom stereocenters. The molecule has 0 atom stereocenters. The van der Waals surface area contributed by atoms with Gasteiger partial charge in [-0.3, -0.25) is 0 Å². The Morgan fingerprint density at radius 3 is 1.75 bits per heavy atom. The number of aliphatic hydroxyl groups is 2. The molecule has 0 amide bonds. The third-order valence-corrected chi connectivity index (χ3v) is 1.03. The van der Waals surface area contributed by atoms with Crippen LogP contribution < -0.4 is 0 Å². The normalized spacial score (nSPS) is 7.58. The van der Waals surface area contributed by atoms with Gasteiger partial charge in [-0.2, -0.15) is 0 Å². The van der Waals surface area contributed by atoms with Crippen LogP contribution >= 0.6 is 0 Å². The van der Waals surface area contributed by atoms with Crippen LogP contribution in [-0.4, -0.2) is 16.8 Å². The molecule has 0 aliphatic carbocycles. The zero-order chi connectivity index (χ0) is 8.53. The minimum Gasteiger partial charge on any atom is -0.397 e. The van der Waals surface area contributed by atoms with E-state index in [-0.39, 0.29) is 32.7 Å². The Bertz CT molecular complexity index is 165. The van der Waals surface area contributed by atoms with Crippen molar-refractivity contribution in [3.8, 4) is 0 Å². The van der Waals surface area contributed by atoms with Crippen molar-refractivity contribution >= 4 is 0 Å². The Morgan fingerprint density at radius 1 is 1.08 bits per heavy atom. The van der Waals surface area contributed by atoms with E-state index < -0.39 is 0 Å². The van der Waals surface area contributed by atoms with Gasteiger partial charge in [0, 0.05) is 26.1 Å². The maximum Gasteiger partial charge on any atom is 0.0681 e. The molecule has 0 saturated heterocycles. The summed E-state index contributed by atoms with van der Waals surface area (Å²) in [6, 6.07) is 9.52. The van der Waals surface area contributed by atoms with Crippen LogP contribution in [0, 0.1) is 0 Å². The predicted octanol–water partition coefficient (Wildman–Crippen LogP) is 1.17. The van der Waals surface area contributed by atoms with E-state index in [2.05, 4.69) is 0 Å². The predicted molar refractivity (Wildman–Crippen MR) is 45.1 cm³/mol. The molecular formula is C9H14O2Zn. The van der Waals surface area contributed by atoms with E-state index >= 15 is 0 Å². The van der Waals surface area contributed by atoms with Gasteiger partial charge < -0.3 is 10.2 Å². The number of rotatable bonds is 1. The SMILES string of the molecule is CCO.OCc1ccccc1.[Zn]. The molecule has 12 heavy (non-hydrogen) atoms. The molecule has 1 rings (SSSR count). The van der Waals surface area contributed by atoms with Crippen molar-refractivity contribution in [2.24, 2.45) is 0 Å². The molecule has 0 aliphatic rings. The molecule has 0 aromatic heterocycles. The monoisotopic (exact) mass is 218 g/mol. The fourth-order valence-corrected chi connectivity index (χ4v) is 0.583. The molecule has 0 heterocycles. The fraction of sp³-hybridized carbons (Fsp3) is 0.333. The molecule has 0 saturated carbocycles. The summed E-state index contributed by atoms with van der Waals surface area (Å²) >= 11 is 0. The minimum absolute atomic E-state index is 0. The van der Waals surface area contributed by atoms with Gasteiger partial charge >= 0.3 is 0 Å². The van der Waals surface area contributed by atoms with E-state index in [1.165, 1.54) is 0 Å². The van der Waals surface area contributed by atoms with Gasteiger partial charge in [-0.1, -0.05) is 30.3 Å². The topological polar surface area (TPSA) is 40.5 Å². The summed E-state index contributed by atoms with van der Waals surface area (Å²) in [7, 11) is 0. The average molecular weight is 220 g/mol. The molecule has 3 heteroatoms. The van der Waals surface area contributed by atoms with E-state index in [1.54, 1.807) is 6.92 Å². The maximum atomic E-state index is 8.54. The first-order valence-corrected chi connectivity index (χ1v) is 3.60. The molecule has 0 radical (unpaired) electrons. The Hall–Kier alpha value is -0.237. The maximum absolute atomic E-state index is 8.54. The van der Waals surface area contributed by atoms with E-state index in [0.717, 1.165) is 5.56 Å². The van der Waals surface area contributed by atoms with Crippen LogP contribution in [0.4, 0.5) is 0 Å². The van der Waals surface area contributed by atoms with Crippen molar-refractivity contribution in [3.05, 3.63) is 35.9 Å². The zero-order valence-corrected chi connectivity index (χ0v) is 10.4. The minimum atomic E-state index is 0. The van der Waals surface area contributed by atoms with Crippen molar-refractivity contribution in [3.63, 3.8) is 0 Å². The largest absolute Gasteiger partial charge is 0.397 e. The van der Waals surface area contributed by atoms with Crippen LogP contribution in [0.15, 0.2) is 30.3 Å². The summed E-state index contributed by atoms with van der Waals surface area (Å²) < 4.78 is 0. The average Bonchev–Trinajstić information content (AvgIpc) is 2.08. The molecule has 0 aliphatic heterocycles. The molecule has 2 nitrogen and oxygen atoms in total. The van der Waals surface area contributed by atoms with Crippen LogP contribution in [0.3, 0.4) is 0 Å². The quantitative estimate of drug-likeness (QED) is 0.697. The van der Waals surface area contributed by atoms with E-state index in [1.807, 2.05) is 30.3 Å². The van der Waals surface area contributed by atoms with Gasteiger partial charge in [-0.05, 0) is 12.5 Å². The van der Waals surface area contributed by atoms with Crippen LogP contribution in [0.1, 0.15) is 12.5 Å².